The van der Waals surface area contributed by atoms with Crippen molar-refractivity contribution in [3.63, 3.8) is 0 Å². The van der Waals surface area contributed by atoms with Crippen LogP contribution in [0, 0.1) is 0 Å². The van der Waals surface area contributed by atoms with Crippen LogP contribution in [0.25, 0.3) is 0 Å². The van der Waals surface area contributed by atoms with Gasteiger partial charge in [-0.1, -0.05) is 58.9 Å². The number of hydrogen-bond donors (Lipinski definition) is 0. The predicted octanol–water partition coefficient (Wildman–Crippen LogP) is 5.18. The van der Waals surface area contributed by atoms with Gasteiger partial charge in [0.15, 0.2) is 0 Å². The van der Waals surface area contributed by atoms with E-state index in [4.69, 9.17) is 0 Å². The molecule has 1 aliphatic rings. The van der Waals surface area contributed by atoms with Gasteiger partial charge in [0, 0.05) is 18.6 Å². The van der Waals surface area contributed by atoms with Gasteiger partial charge in [-0.2, -0.15) is 0 Å². The summed E-state index contributed by atoms with van der Waals surface area (Å²) >= 11 is 0. The van der Waals surface area contributed by atoms with Crippen molar-refractivity contribution in [2.45, 2.75) is 59.8 Å². The zero-order chi connectivity index (χ0) is 11.7. The van der Waals surface area contributed by atoms with Gasteiger partial charge in [0.1, 0.15) is 0 Å². The Bertz CT molecular complexity index is 234. The topological polar surface area (TPSA) is 0 Å². The van der Waals surface area contributed by atoms with Crippen molar-refractivity contribution < 1.29 is 18.6 Å². The minimum Gasteiger partial charge on any atom is -0.0683 e. The van der Waals surface area contributed by atoms with E-state index in [0.29, 0.717) is 0 Å². The second kappa shape index (κ2) is 11.3. The van der Waals surface area contributed by atoms with Crippen molar-refractivity contribution in [3.8, 4) is 0 Å². The van der Waals surface area contributed by atoms with Gasteiger partial charge >= 0.3 is 0 Å². The second-order valence-electron chi connectivity index (χ2n) is 3.37. The van der Waals surface area contributed by atoms with Crippen LogP contribution >= 0.6 is 0 Å². The van der Waals surface area contributed by atoms with E-state index in [1.807, 2.05) is 27.7 Å². The standard InChI is InChI=1S/C11H14.2C2H6.V/c1-2-9-3-5-10(6-4-9)11-7-8-11;2*1-2;/h3-6,11H,2,7-8H2,1H3;2*1-2H3;. The molecule has 16 heavy (non-hydrogen) atoms. The molecule has 0 spiro atoms. The zero-order valence-corrected chi connectivity index (χ0v) is 12.9. The maximum absolute atomic E-state index is 2.29. The molecule has 1 aromatic carbocycles. The molecule has 1 radical (unpaired) electrons. The van der Waals surface area contributed by atoms with Crippen LogP contribution in [-0.4, -0.2) is 0 Å². The van der Waals surface area contributed by atoms with Crippen LogP contribution in [0.15, 0.2) is 24.3 Å². The van der Waals surface area contributed by atoms with Crippen LogP contribution in [-0.2, 0) is 25.0 Å². The van der Waals surface area contributed by atoms with Gasteiger partial charge in [-0.15, -0.1) is 0 Å². The number of hydrogen-bond acceptors (Lipinski definition) is 0. The average Bonchev–Trinajstić information content (AvgIpc) is 3.19. The third kappa shape index (κ3) is 6.40. The molecule has 0 aliphatic heterocycles. The summed E-state index contributed by atoms with van der Waals surface area (Å²) in [5.74, 6) is 0.904. The van der Waals surface area contributed by atoms with E-state index < -0.39 is 0 Å². The molecule has 2 rings (SSSR count). The van der Waals surface area contributed by atoms with Crippen LogP contribution in [0.5, 0.6) is 0 Å². The number of aryl methyl sites for hydroxylation is 1. The maximum Gasteiger partial charge on any atom is 0 e. The molecule has 1 saturated carbocycles. The van der Waals surface area contributed by atoms with Crippen LogP contribution in [0.1, 0.15) is 64.5 Å². The average molecular weight is 257 g/mol. The summed E-state index contributed by atoms with van der Waals surface area (Å²) in [5.41, 5.74) is 3.00. The molecular formula is C15H26V. The summed E-state index contributed by atoms with van der Waals surface area (Å²) in [5, 5.41) is 0. The molecule has 1 fully saturated rings. The van der Waals surface area contributed by atoms with E-state index in [1.54, 1.807) is 5.56 Å². The van der Waals surface area contributed by atoms with Crippen molar-refractivity contribution in [2.75, 3.05) is 0 Å². The van der Waals surface area contributed by atoms with Crippen molar-refractivity contribution in [3.05, 3.63) is 35.4 Å². The Hall–Kier alpha value is -0.196. The van der Waals surface area contributed by atoms with E-state index in [1.165, 1.54) is 18.4 Å². The molecule has 1 heteroatoms. The van der Waals surface area contributed by atoms with Gasteiger partial charge in [-0.05, 0) is 36.3 Å². The van der Waals surface area contributed by atoms with Crippen LogP contribution in [0.2, 0.25) is 0 Å². The van der Waals surface area contributed by atoms with E-state index in [9.17, 15) is 0 Å². The van der Waals surface area contributed by atoms with Crippen LogP contribution in [0.3, 0.4) is 0 Å². The van der Waals surface area contributed by atoms with E-state index in [0.717, 1.165) is 12.3 Å². The minimum atomic E-state index is 0. The molecule has 1 aliphatic carbocycles. The first-order valence-corrected chi connectivity index (χ1v) is 6.49. The van der Waals surface area contributed by atoms with Gasteiger partial charge < -0.3 is 0 Å². The fraction of sp³-hybridized carbons (Fsp3) is 0.600. The first-order chi connectivity index (χ1) is 7.40. The molecule has 0 atom stereocenters. The SMILES string of the molecule is CC.CC.CCc1ccc(C2CC2)cc1.[V]. The molecule has 0 heterocycles. The normalized spacial score (nSPS) is 12.3. The summed E-state index contributed by atoms with van der Waals surface area (Å²) in [6.07, 6.45) is 3.97. The number of benzene rings is 1. The van der Waals surface area contributed by atoms with Gasteiger partial charge in [-0.25, -0.2) is 0 Å². The molecule has 0 unspecified atom stereocenters. The fourth-order valence-corrected chi connectivity index (χ4v) is 1.44. The van der Waals surface area contributed by atoms with Crippen LogP contribution in [0.4, 0.5) is 0 Å². The molecule has 0 bridgehead atoms. The monoisotopic (exact) mass is 257 g/mol. The van der Waals surface area contributed by atoms with Gasteiger partial charge in [-0.3, -0.25) is 0 Å². The molecular weight excluding hydrogens is 231 g/mol. The first-order valence-electron chi connectivity index (χ1n) is 6.49. The van der Waals surface area contributed by atoms with Crippen molar-refractivity contribution in [2.24, 2.45) is 0 Å². The first kappa shape index (κ1) is 18.2. The Kier molecular flexibility index (Phi) is 12.8. The summed E-state index contributed by atoms with van der Waals surface area (Å²) in [7, 11) is 0. The van der Waals surface area contributed by atoms with Crippen molar-refractivity contribution in [1.82, 2.24) is 0 Å². The molecule has 0 nitrogen and oxygen atoms in total. The molecule has 1 aromatic rings. The summed E-state index contributed by atoms with van der Waals surface area (Å²) in [4.78, 5) is 0. The summed E-state index contributed by atoms with van der Waals surface area (Å²) < 4.78 is 0. The Balaban J connectivity index is 0. The molecule has 0 aromatic heterocycles. The molecule has 0 saturated heterocycles. The Morgan fingerprint density at radius 2 is 1.38 bits per heavy atom. The van der Waals surface area contributed by atoms with Gasteiger partial charge in [0.05, 0.1) is 0 Å². The Morgan fingerprint density at radius 1 is 0.938 bits per heavy atom. The zero-order valence-electron chi connectivity index (χ0n) is 11.5. The molecule has 0 N–H and O–H groups in total. The molecule has 91 valence electrons. The summed E-state index contributed by atoms with van der Waals surface area (Å²) in [6, 6.07) is 9.09. The van der Waals surface area contributed by atoms with E-state index in [-0.39, 0.29) is 18.6 Å². The third-order valence-electron chi connectivity index (χ3n) is 2.44. The fourth-order valence-electron chi connectivity index (χ4n) is 1.44. The minimum absolute atomic E-state index is 0. The summed E-state index contributed by atoms with van der Waals surface area (Å²) in [6.45, 7) is 10.2. The van der Waals surface area contributed by atoms with Gasteiger partial charge in [0.25, 0.3) is 0 Å². The van der Waals surface area contributed by atoms with E-state index in [2.05, 4.69) is 31.2 Å². The largest absolute Gasteiger partial charge is 0.0683 e. The second-order valence-corrected chi connectivity index (χ2v) is 3.37. The van der Waals surface area contributed by atoms with Crippen molar-refractivity contribution in [1.29, 1.82) is 0 Å². The maximum atomic E-state index is 2.29. The van der Waals surface area contributed by atoms with Crippen LogP contribution < -0.4 is 0 Å². The Labute approximate surface area is 114 Å². The van der Waals surface area contributed by atoms with Crippen molar-refractivity contribution >= 4 is 0 Å². The number of rotatable bonds is 2. The Morgan fingerprint density at radius 3 is 1.69 bits per heavy atom. The smallest absolute Gasteiger partial charge is 0 e. The van der Waals surface area contributed by atoms with Gasteiger partial charge in [0.2, 0.25) is 0 Å². The third-order valence-corrected chi connectivity index (χ3v) is 2.44. The quantitative estimate of drug-likeness (QED) is 0.685. The van der Waals surface area contributed by atoms with E-state index >= 15 is 0 Å². The molecule has 0 amide bonds. The predicted molar refractivity (Wildman–Crippen MR) is 70.5 cm³/mol.